The Balaban J connectivity index is 0.864. The number of hydrogen-bond acceptors (Lipinski definition) is 0. The van der Waals surface area contributed by atoms with Crippen molar-refractivity contribution in [3.05, 3.63) is 398 Å². The van der Waals surface area contributed by atoms with E-state index in [-0.39, 0.29) is 0 Å². The molecule has 4 heteroatoms. The van der Waals surface area contributed by atoms with Gasteiger partial charge in [-0.2, -0.15) is 0 Å². The van der Waals surface area contributed by atoms with Gasteiger partial charge in [0.2, 0.25) is 0 Å². The third kappa shape index (κ3) is 8.62. The van der Waals surface area contributed by atoms with Gasteiger partial charge in [-0.15, -0.1) is 0 Å². The number of nitrogens with zero attached hydrogens (tertiary/aromatic N) is 4. The number of rotatable bonds is 10. The van der Waals surface area contributed by atoms with E-state index < -0.39 is 5.41 Å². The smallest absolute Gasteiger partial charge is 0.0714 e. The van der Waals surface area contributed by atoms with Gasteiger partial charge in [0.25, 0.3) is 0 Å². The van der Waals surface area contributed by atoms with Gasteiger partial charge in [0, 0.05) is 65.8 Å². The van der Waals surface area contributed by atoms with Crippen molar-refractivity contribution in [2.45, 2.75) is 5.41 Å². The molecule has 0 N–H and O–H groups in total. The first kappa shape index (κ1) is 56.9. The van der Waals surface area contributed by atoms with E-state index in [9.17, 15) is 0 Å². The molecule has 0 atom stereocenters. The number of hydrogen-bond donors (Lipinski definition) is 0. The van der Waals surface area contributed by atoms with Crippen LogP contribution in [0.4, 0.5) is 0 Å². The zero-order valence-corrected chi connectivity index (χ0v) is 55.1. The SMILES string of the molecule is c1ccc(-n2c3ccccc3c3cc(-c4cc(-c5ccc6c(c5)c5ccccc5n6-c5ccccc5)cc(C5(c6cc(-c7ccc8c(c7)c7ccccc7n8-c7ccccc7)cc(-c7ccc8c(c7)c7ccccc7n8-c7ccccc7)c6)c6ccccc6-c6ccccc65)c4)ccc32)cc1. The molecule has 16 aromatic carbocycles. The van der Waals surface area contributed by atoms with Crippen LogP contribution in [0.2, 0.25) is 0 Å². The van der Waals surface area contributed by atoms with Crippen molar-refractivity contribution in [3.63, 3.8) is 0 Å². The highest BCUT2D eigenvalue weighted by Crippen LogP contribution is 2.58. The van der Waals surface area contributed by atoms with Crippen molar-refractivity contribution in [3.8, 4) is 78.4 Å². The average molecular weight is 1280 g/mol. The van der Waals surface area contributed by atoms with Crippen LogP contribution in [-0.2, 0) is 5.41 Å². The monoisotopic (exact) mass is 1280 g/mol. The molecule has 101 heavy (non-hydrogen) atoms. The van der Waals surface area contributed by atoms with Crippen LogP contribution in [0.3, 0.4) is 0 Å². The minimum absolute atomic E-state index is 0.857. The molecular weight excluding hydrogens is 1220 g/mol. The van der Waals surface area contributed by atoms with Gasteiger partial charge in [0.05, 0.1) is 49.5 Å². The highest BCUT2D eigenvalue weighted by atomic mass is 15.0. The van der Waals surface area contributed by atoms with Gasteiger partial charge < -0.3 is 18.3 Å². The Morgan fingerprint density at radius 1 is 0.158 bits per heavy atom. The number of para-hydroxylation sites is 8. The molecule has 4 heterocycles. The maximum Gasteiger partial charge on any atom is 0.0714 e. The van der Waals surface area contributed by atoms with Gasteiger partial charge in [0.1, 0.15) is 0 Å². The lowest BCUT2D eigenvalue weighted by Crippen LogP contribution is -2.29. The minimum Gasteiger partial charge on any atom is -0.309 e. The van der Waals surface area contributed by atoms with Crippen molar-refractivity contribution in [2.24, 2.45) is 0 Å². The van der Waals surface area contributed by atoms with Crippen molar-refractivity contribution in [1.29, 1.82) is 0 Å². The van der Waals surface area contributed by atoms with Crippen LogP contribution >= 0.6 is 0 Å². The second-order valence-electron chi connectivity index (χ2n) is 27.1. The van der Waals surface area contributed by atoms with E-state index in [0.29, 0.717) is 0 Å². The standard InChI is InChI=1S/C97H62N4/c1-5-25-73(26-6-1)98-89-41-21-15-35-79(89)83-59-63(45-49-93(83)98)67-53-68(64-46-50-94-84(60-64)80-36-16-22-42-90(80)99(94)74-27-7-2-8-28-74)56-71(55-67)97(87-39-19-13-33-77(87)78-34-14-20-40-88(78)97)72-57-69(65-47-51-95-85(61-65)81-37-17-23-43-91(81)100(95)75-29-9-3-10-30-75)54-70(58-72)66-48-52-96-86(62-66)82-38-18-24-44-92(82)101(96)76-31-11-4-12-32-76/h1-62H. The topological polar surface area (TPSA) is 19.7 Å². The van der Waals surface area contributed by atoms with Crippen molar-refractivity contribution >= 4 is 87.2 Å². The summed E-state index contributed by atoms with van der Waals surface area (Å²) < 4.78 is 9.67. The molecule has 0 spiro atoms. The highest BCUT2D eigenvalue weighted by molar-refractivity contribution is 6.14. The Kier molecular flexibility index (Phi) is 12.6. The fraction of sp³-hybridized carbons (Fsp3) is 0.0103. The van der Waals surface area contributed by atoms with E-state index in [4.69, 9.17) is 0 Å². The molecular formula is C97H62N4. The first-order valence-electron chi connectivity index (χ1n) is 35.0. The average Bonchev–Trinajstić information content (AvgIpc) is 1.54. The van der Waals surface area contributed by atoms with E-state index >= 15 is 0 Å². The summed E-state index contributed by atoms with van der Waals surface area (Å²) in [5.74, 6) is 0. The molecule has 0 unspecified atom stereocenters. The molecule has 0 bridgehead atoms. The fourth-order valence-electron chi connectivity index (χ4n) is 17.4. The van der Waals surface area contributed by atoms with Crippen LogP contribution in [0, 0.1) is 0 Å². The van der Waals surface area contributed by atoms with Gasteiger partial charge in [-0.1, -0.05) is 218 Å². The molecule has 0 radical (unpaired) electrons. The third-order valence-electron chi connectivity index (χ3n) is 21.8. The number of fused-ring (bicyclic) bond motifs is 15. The van der Waals surface area contributed by atoms with E-state index in [1.54, 1.807) is 0 Å². The van der Waals surface area contributed by atoms with Crippen molar-refractivity contribution in [1.82, 2.24) is 18.3 Å². The fourth-order valence-corrected chi connectivity index (χ4v) is 17.4. The van der Waals surface area contributed by atoms with Crippen LogP contribution in [-0.4, -0.2) is 18.3 Å². The summed E-state index contributed by atoms with van der Waals surface area (Å²) in [5.41, 5.74) is 29.6. The Morgan fingerprint density at radius 2 is 0.386 bits per heavy atom. The molecule has 1 aliphatic rings. The van der Waals surface area contributed by atoms with Crippen LogP contribution in [0.15, 0.2) is 376 Å². The predicted octanol–water partition coefficient (Wildman–Crippen LogP) is 25.1. The summed E-state index contributed by atoms with van der Waals surface area (Å²) in [6.45, 7) is 0. The second kappa shape index (κ2) is 22.4. The highest BCUT2D eigenvalue weighted by Gasteiger charge is 2.47. The Labute approximate surface area is 584 Å². The molecule has 0 saturated heterocycles. The molecule has 1 aliphatic carbocycles. The molecule has 0 aliphatic heterocycles. The lowest BCUT2D eigenvalue weighted by molar-refractivity contribution is 0.770. The molecule has 0 fully saturated rings. The summed E-state index contributed by atoms with van der Waals surface area (Å²) >= 11 is 0. The molecule has 0 saturated carbocycles. The van der Waals surface area contributed by atoms with Crippen LogP contribution in [0.1, 0.15) is 22.3 Å². The summed E-state index contributed by atoms with van der Waals surface area (Å²) in [5, 5.41) is 9.70. The maximum atomic E-state index is 2.54. The predicted molar refractivity (Wildman–Crippen MR) is 423 cm³/mol. The van der Waals surface area contributed by atoms with E-state index in [0.717, 1.165) is 67.3 Å². The van der Waals surface area contributed by atoms with Crippen molar-refractivity contribution < 1.29 is 0 Å². The van der Waals surface area contributed by atoms with Gasteiger partial charge >= 0.3 is 0 Å². The Hall–Kier alpha value is -13.3. The molecule has 0 amide bonds. The van der Waals surface area contributed by atoms with Crippen LogP contribution in [0.5, 0.6) is 0 Å². The Bertz CT molecular complexity index is 5980. The van der Waals surface area contributed by atoms with Gasteiger partial charge in [-0.25, -0.2) is 0 Å². The van der Waals surface area contributed by atoms with Crippen LogP contribution < -0.4 is 0 Å². The van der Waals surface area contributed by atoms with E-state index in [1.165, 1.54) is 121 Å². The molecule has 4 aromatic heterocycles. The quantitative estimate of drug-likeness (QED) is 0.130. The number of benzene rings is 16. The Morgan fingerprint density at radius 3 is 0.663 bits per heavy atom. The summed E-state index contributed by atoms with van der Waals surface area (Å²) in [6, 6.07) is 141. The molecule has 470 valence electrons. The van der Waals surface area contributed by atoms with Gasteiger partial charge in [-0.05, 0) is 236 Å². The van der Waals surface area contributed by atoms with E-state index in [2.05, 4.69) is 394 Å². The first-order valence-corrected chi connectivity index (χ1v) is 35.0. The van der Waals surface area contributed by atoms with Crippen LogP contribution in [0.25, 0.3) is 166 Å². The largest absolute Gasteiger partial charge is 0.309 e. The first-order chi connectivity index (χ1) is 50.1. The minimum atomic E-state index is -0.857. The summed E-state index contributed by atoms with van der Waals surface area (Å²) in [6.07, 6.45) is 0. The summed E-state index contributed by atoms with van der Waals surface area (Å²) in [7, 11) is 0. The van der Waals surface area contributed by atoms with E-state index in [1.807, 2.05) is 0 Å². The molecule has 4 nitrogen and oxygen atoms in total. The zero-order chi connectivity index (χ0) is 66.3. The molecule has 21 rings (SSSR count). The number of aromatic nitrogens is 4. The third-order valence-corrected chi connectivity index (χ3v) is 21.8. The lowest BCUT2D eigenvalue weighted by atomic mass is 9.66. The lowest BCUT2D eigenvalue weighted by Gasteiger charge is -2.35. The normalized spacial score (nSPS) is 12.6. The molecule has 20 aromatic rings. The van der Waals surface area contributed by atoms with Gasteiger partial charge in [-0.3, -0.25) is 0 Å². The zero-order valence-electron chi connectivity index (χ0n) is 55.1. The second-order valence-corrected chi connectivity index (χ2v) is 27.1. The summed E-state index contributed by atoms with van der Waals surface area (Å²) in [4.78, 5) is 0. The van der Waals surface area contributed by atoms with Crippen molar-refractivity contribution in [2.75, 3.05) is 0 Å². The maximum absolute atomic E-state index is 2.54. The van der Waals surface area contributed by atoms with Gasteiger partial charge in [0.15, 0.2) is 0 Å².